The molecule has 2 aliphatic rings. The van der Waals surface area contributed by atoms with Crippen LogP contribution in [0.5, 0.6) is 0 Å². The molecule has 4 heteroatoms. The Hall–Kier alpha value is -0.770. The number of hydrogen-bond acceptors (Lipinski definition) is 3. The summed E-state index contributed by atoms with van der Waals surface area (Å²) < 4.78 is 0. The first-order valence-electron chi connectivity index (χ1n) is 4.46. The summed E-state index contributed by atoms with van der Waals surface area (Å²) in [5.41, 5.74) is 2.11. The maximum atomic E-state index is 11.5. The molecule has 2 atom stereocenters. The van der Waals surface area contributed by atoms with Crippen LogP contribution in [0.15, 0.2) is 9.95 Å². The number of fused-ring (bicyclic) bond motifs is 3. The number of aromatic amines is 1. The number of rotatable bonds is 1. The highest BCUT2D eigenvalue weighted by Gasteiger charge is 2.47. The van der Waals surface area contributed by atoms with E-state index in [1.165, 1.54) is 18.2 Å². The highest BCUT2D eigenvalue weighted by atomic mass is 32.2. The van der Waals surface area contributed by atoms with E-state index in [2.05, 4.69) is 9.97 Å². The third-order valence-electron chi connectivity index (χ3n) is 2.96. The minimum atomic E-state index is 0.0848. The Morgan fingerprint density at radius 1 is 1.62 bits per heavy atom. The number of H-pyrrole nitrogens is 1. The molecule has 0 bridgehead atoms. The van der Waals surface area contributed by atoms with Gasteiger partial charge in [-0.05, 0) is 25.0 Å². The summed E-state index contributed by atoms with van der Waals surface area (Å²) >= 11 is 1.50. The zero-order chi connectivity index (χ0) is 9.00. The van der Waals surface area contributed by atoms with E-state index in [-0.39, 0.29) is 5.56 Å². The number of thioether (sulfide) groups is 1. The molecule has 3 nitrogen and oxygen atoms in total. The van der Waals surface area contributed by atoms with Crippen LogP contribution in [-0.2, 0) is 6.42 Å². The van der Waals surface area contributed by atoms with Gasteiger partial charge in [-0.1, -0.05) is 11.8 Å². The van der Waals surface area contributed by atoms with Crippen LogP contribution in [0, 0.1) is 5.92 Å². The summed E-state index contributed by atoms with van der Waals surface area (Å²) in [5, 5.41) is 0.760. The summed E-state index contributed by atoms with van der Waals surface area (Å²) in [6.07, 6.45) is 4.14. The van der Waals surface area contributed by atoms with Gasteiger partial charge in [0.1, 0.15) is 0 Å². The van der Waals surface area contributed by atoms with Gasteiger partial charge < -0.3 is 4.98 Å². The molecule has 1 N–H and O–H groups in total. The molecule has 13 heavy (non-hydrogen) atoms. The third kappa shape index (κ3) is 0.981. The molecule has 0 saturated heterocycles. The SMILES string of the molecule is CSc1nc2c(c(=O)[nH]1)CC1CC21. The smallest absolute Gasteiger partial charge is 0.254 e. The molecule has 0 radical (unpaired) electrons. The molecule has 1 fully saturated rings. The second-order valence-corrected chi connectivity index (χ2v) is 4.54. The maximum Gasteiger partial charge on any atom is 0.254 e. The Kier molecular flexibility index (Phi) is 1.39. The Bertz CT molecular complexity index is 426. The van der Waals surface area contributed by atoms with E-state index in [1.54, 1.807) is 0 Å². The summed E-state index contributed by atoms with van der Waals surface area (Å²) in [6.45, 7) is 0. The zero-order valence-corrected chi connectivity index (χ0v) is 8.15. The summed E-state index contributed by atoms with van der Waals surface area (Å²) in [4.78, 5) is 18.8. The van der Waals surface area contributed by atoms with E-state index in [0.717, 1.165) is 28.8 Å². The third-order valence-corrected chi connectivity index (χ3v) is 3.54. The highest BCUT2D eigenvalue weighted by molar-refractivity contribution is 7.98. The van der Waals surface area contributed by atoms with Crippen molar-refractivity contribution < 1.29 is 0 Å². The quantitative estimate of drug-likeness (QED) is 0.539. The van der Waals surface area contributed by atoms with E-state index in [1.807, 2.05) is 6.26 Å². The van der Waals surface area contributed by atoms with Gasteiger partial charge >= 0.3 is 0 Å². The van der Waals surface area contributed by atoms with Crippen molar-refractivity contribution in [1.82, 2.24) is 9.97 Å². The van der Waals surface area contributed by atoms with Gasteiger partial charge in [0.15, 0.2) is 5.16 Å². The molecule has 1 heterocycles. The fraction of sp³-hybridized carbons (Fsp3) is 0.556. The number of hydrogen-bond donors (Lipinski definition) is 1. The molecule has 0 spiro atoms. The number of aromatic nitrogens is 2. The van der Waals surface area contributed by atoms with Crippen LogP contribution in [0.2, 0.25) is 0 Å². The molecule has 2 unspecified atom stereocenters. The van der Waals surface area contributed by atoms with Crippen molar-refractivity contribution in [3.8, 4) is 0 Å². The van der Waals surface area contributed by atoms with Crippen LogP contribution in [-0.4, -0.2) is 16.2 Å². The van der Waals surface area contributed by atoms with Crippen LogP contribution < -0.4 is 5.56 Å². The first-order valence-corrected chi connectivity index (χ1v) is 5.69. The average molecular weight is 194 g/mol. The minimum Gasteiger partial charge on any atom is -0.301 e. The second kappa shape index (κ2) is 2.38. The highest BCUT2D eigenvalue weighted by Crippen LogP contribution is 2.54. The molecular weight excluding hydrogens is 184 g/mol. The lowest BCUT2D eigenvalue weighted by Crippen LogP contribution is -2.16. The standard InChI is InChI=1S/C9H10N2OS/c1-13-9-10-7-5-2-4(5)3-6(7)8(12)11-9/h4-5H,2-3H2,1H3,(H,10,11,12). The van der Waals surface area contributed by atoms with Crippen molar-refractivity contribution in [2.24, 2.45) is 5.92 Å². The Morgan fingerprint density at radius 3 is 3.23 bits per heavy atom. The van der Waals surface area contributed by atoms with Crippen LogP contribution in [0.3, 0.4) is 0 Å². The first-order chi connectivity index (χ1) is 6.29. The normalized spacial score (nSPS) is 28.4. The Balaban J connectivity index is 2.21. The summed E-state index contributed by atoms with van der Waals surface area (Å²) in [5.74, 6) is 1.35. The topological polar surface area (TPSA) is 45.8 Å². The van der Waals surface area contributed by atoms with Gasteiger partial charge in [0.2, 0.25) is 0 Å². The van der Waals surface area contributed by atoms with Crippen molar-refractivity contribution in [2.75, 3.05) is 6.26 Å². The van der Waals surface area contributed by atoms with Crippen molar-refractivity contribution >= 4 is 11.8 Å². The van der Waals surface area contributed by atoms with Gasteiger partial charge in [-0.2, -0.15) is 0 Å². The van der Waals surface area contributed by atoms with Crippen molar-refractivity contribution in [3.05, 3.63) is 21.6 Å². The summed E-state index contributed by atoms with van der Waals surface area (Å²) in [7, 11) is 0. The molecule has 0 aliphatic heterocycles. The van der Waals surface area contributed by atoms with E-state index in [0.29, 0.717) is 5.92 Å². The van der Waals surface area contributed by atoms with Gasteiger partial charge in [0.25, 0.3) is 5.56 Å². The number of nitrogens with zero attached hydrogens (tertiary/aromatic N) is 1. The molecule has 2 aliphatic carbocycles. The predicted molar refractivity (Wildman–Crippen MR) is 51.2 cm³/mol. The molecular formula is C9H10N2OS. The zero-order valence-electron chi connectivity index (χ0n) is 7.33. The molecule has 68 valence electrons. The van der Waals surface area contributed by atoms with Crippen LogP contribution in [0.1, 0.15) is 23.6 Å². The molecule has 0 amide bonds. The van der Waals surface area contributed by atoms with E-state index in [9.17, 15) is 4.79 Å². The van der Waals surface area contributed by atoms with E-state index >= 15 is 0 Å². The fourth-order valence-corrected chi connectivity index (χ4v) is 2.55. The minimum absolute atomic E-state index is 0.0848. The van der Waals surface area contributed by atoms with Crippen LogP contribution in [0.25, 0.3) is 0 Å². The summed E-state index contributed by atoms with van der Waals surface area (Å²) in [6, 6.07) is 0. The Labute approximate surface area is 80.0 Å². The first kappa shape index (κ1) is 7.62. The number of nitrogens with one attached hydrogen (secondary N) is 1. The Morgan fingerprint density at radius 2 is 2.46 bits per heavy atom. The van der Waals surface area contributed by atoms with Gasteiger partial charge in [0.05, 0.1) is 5.69 Å². The van der Waals surface area contributed by atoms with Crippen molar-refractivity contribution in [3.63, 3.8) is 0 Å². The van der Waals surface area contributed by atoms with Gasteiger partial charge in [0, 0.05) is 11.5 Å². The molecule has 1 aromatic rings. The van der Waals surface area contributed by atoms with Gasteiger partial charge in [-0.25, -0.2) is 4.98 Å². The predicted octanol–water partition coefficient (Wildman–Crippen LogP) is 1.15. The largest absolute Gasteiger partial charge is 0.301 e. The monoisotopic (exact) mass is 194 g/mol. The van der Waals surface area contributed by atoms with Crippen molar-refractivity contribution in [1.29, 1.82) is 0 Å². The molecule has 3 rings (SSSR count). The average Bonchev–Trinajstić information content (AvgIpc) is 2.81. The van der Waals surface area contributed by atoms with Crippen LogP contribution >= 0.6 is 11.8 Å². The maximum absolute atomic E-state index is 11.5. The fourth-order valence-electron chi connectivity index (χ4n) is 2.16. The lowest BCUT2D eigenvalue weighted by Gasteiger charge is -2.02. The van der Waals surface area contributed by atoms with E-state index < -0.39 is 0 Å². The van der Waals surface area contributed by atoms with Gasteiger partial charge in [-0.3, -0.25) is 4.79 Å². The van der Waals surface area contributed by atoms with Crippen LogP contribution in [0.4, 0.5) is 0 Å². The van der Waals surface area contributed by atoms with Crippen molar-refractivity contribution in [2.45, 2.75) is 23.9 Å². The molecule has 1 saturated carbocycles. The lowest BCUT2D eigenvalue weighted by atomic mass is 10.2. The lowest BCUT2D eigenvalue weighted by molar-refractivity contribution is 0.835. The second-order valence-electron chi connectivity index (χ2n) is 3.75. The molecule has 0 aromatic carbocycles. The van der Waals surface area contributed by atoms with E-state index in [4.69, 9.17) is 0 Å². The van der Waals surface area contributed by atoms with Gasteiger partial charge in [-0.15, -0.1) is 0 Å². The molecule has 1 aromatic heterocycles.